The molecule has 0 unspecified atom stereocenters. The fraction of sp³-hybridized carbons (Fsp3) is 0.200. The van der Waals surface area contributed by atoms with Crippen molar-refractivity contribution in [2.75, 3.05) is 0 Å². The number of carbonyl (C=O) groups is 1. The molecule has 98 valence electrons. The summed E-state index contributed by atoms with van der Waals surface area (Å²) in [6.45, 7) is 6.03. The van der Waals surface area contributed by atoms with Crippen molar-refractivity contribution in [3.8, 4) is 0 Å². The van der Waals surface area contributed by atoms with Crippen LogP contribution in [0.25, 0.3) is 0 Å². The Morgan fingerprint density at radius 3 is 2.79 bits per heavy atom. The highest BCUT2D eigenvalue weighted by Crippen LogP contribution is 2.07. The van der Waals surface area contributed by atoms with E-state index in [1.807, 2.05) is 41.1 Å². The first-order chi connectivity index (χ1) is 9.16. The van der Waals surface area contributed by atoms with Gasteiger partial charge in [-0.2, -0.15) is 0 Å². The Labute approximate surface area is 112 Å². The maximum absolute atomic E-state index is 11.3. The largest absolute Gasteiger partial charge is 0.454 e. The SMILES string of the molecule is C=C(C)C(=O)OCc1nccn1Cc1ccccc1. The quantitative estimate of drug-likeness (QED) is 0.610. The van der Waals surface area contributed by atoms with E-state index in [0.717, 1.165) is 5.82 Å². The van der Waals surface area contributed by atoms with Gasteiger partial charge in [-0.15, -0.1) is 0 Å². The Bertz CT molecular complexity index is 573. The van der Waals surface area contributed by atoms with Crippen LogP contribution in [0.1, 0.15) is 18.3 Å². The van der Waals surface area contributed by atoms with Crippen LogP contribution in [-0.2, 0) is 22.7 Å². The summed E-state index contributed by atoms with van der Waals surface area (Å²) in [6.07, 6.45) is 3.57. The lowest BCUT2D eigenvalue weighted by Crippen LogP contribution is -2.10. The van der Waals surface area contributed by atoms with Gasteiger partial charge in [0.25, 0.3) is 0 Å². The van der Waals surface area contributed by atoms with Crippen molar-refractivity contribution in [3.05, 3.63) is 66.3 Å². The molecule has 0 saturated heterocycles. The highest BCUT2D eigenvalue weighted by molar-refractivity contribution is 5.86. The molecule has 0 spiro atoms. The van der Waals surface area contributed by atoms with Gasteiger partial charge >= 0.3 is 5.97 Å². The molecular formula is C15H16N2O2. The molecule has 1 heterocycles. The van der Waals surface area contributed by atoms with Crippen LogP contribution in [0.15, 0.2) is 54.9 Å². The summed E-state index contributed by atoms with van der Waals surface area (Å²) in [5, 5.41) is 0. The fourth-order valence-electron chi connectivity index (χ4n) is 1.66. The standard InChI is InChI=1S/C15H16N2O2/c1-12(2)15(18)19-11-14-16-8-9-17(14)10-13-6-4-3-5-7-13/h3-9H,1,10-11H2,2H3. The van der Waals surface area contributed by atoms with E-state index in [1.165, 1.54) is 5.56 Å². The summed E-state index contributed by atoms with van der Waals surface area (Å²) in [7, 11) is 0. The van der Waals surface area contributed by atoms with Crippen LogP contribution in [0.3, 0.4) is 0 Å². The van der Waals surface area contributed by atoms with E-state index in [0.29, 0.717) is 12.1 Å². The summed E-state index contributed by atoms with van der Waals surface area (Å²) in [6, 6.07) is 10.1. The lowest BCUT2D eigenvalue weighted by atomic mass is 10.2. The third kappa shape index (κ3) is 3.55. The van der Waals surface area contributed by atoms with E-state index in [2.05, 4.69) is 11.6 Å². The maximum Gasteiger partial charge on any atom is 0.333 e. The first-order valence-electron chi connectivity index (χ1n) is 6.03. The van der Waals surface area contributed by atoms with Crippen LogP contribution in [-0.4, -0.2) is 15.5 Å². The van der Waals surface area contributed by atoms with Crippen LogP contribution in [0, 0.1) is 0 Å². The topological polar surface area (TPSA) is 44.1 Å². The van der Waals surface area contributed by atoms with E-state index in [-0.39, 0.29) is 6.61 Å². The second-order valence-electron chi connectivity index (χ2n) is 4.31. The van der Waals surface area contributed by atoms with Crippen LogP contribution < -0.4 is 0 Å². The number of carbonyl (C=O) groups excluding carboxylic acids is 1. The molecule has 0 atom stereocenters. The summed E-state index contributed by atoms with van der Waals surface area (Å²) in [5.41, 5.74) is 1.56. The Balaban J connectivity index is 2.02. The minimum absolute atomic E-state index is 0.158. The average molecular weight is 256 g/mol. The molecule has 2 aromatic rings. The van der Waals surface area contributed by atoms with Gasteiger partial charge in [0.15, 0.2) is 0 Å². The number of benzene rings is 1. The molecular weight excluding hydrogens is 240 g/mol. The van der Waals surface area contributed by atoms with Gasteiger partial charge in [0.05, 0.1) is 0 Å². The predicted molar refractivity (Wildman–Crippen MR) is 72.4 cm³/mol. The van der Waals surface area contributed by atoms with Crippen LogP contribution in [0.2, 0.25) is 0 Å². The van der Waals surface area contributed by atoms with Crippen LogP contribution in [0.5, 0.6) is 0 Å². The van der Waals surface area contributed by atoms with E-state index < -0.39 is 5.97 Å². The lowest BCUT2D eigenvalue weighted by Gasteiger charge is -2.08. The molecule has 1 aromatic carbocycles. The molecule has 0 aliphatic heterocycles. The number of rotatable bonds is 5. The monoisotopic (exact) mass is 256 g/mol. The number of esters is 1. The molecule has 0 amide bonds. The van der Waals surface area contributed by atoms with Gasteiger partial charge in [0.2, 0.25) is 0 Å². The number of hydrogen-bond donors (Lipinski definition) is 0. The lowest BCUT2D eigenvalue weighted by molar-refractivity contribution is -0.140. The third-order valence-electron chi connectivity index (χ3n) is 2.68. The summed E-state index contributed by atoms with van der Waals surface area (Å²) < 4.78 is 7.06. The van der Waals surface area contributed by atoms with Crippen molar-refractivity contribution in [3.63, 3.8) is 0 Å². The van der Waals surface area contributed by atoms with Crippen molar-refractivity contribution >= 4 is 5.97 Å². The van der Waals surface area contributed by atoms with Crippen LogP contribution >= 0.6 is 0 Å². The maximum atomic E-state index is 11.3. The number of aromatic nitrogens is 2. The van der Waals surface area contributed by atoms with Crippen molar-refractivity contribution in [1.29, 1.82) is 0 Å². The first kappa shape index (κ1) is 13.1. The van der Waals surface area contributed by atoms with E-state index in [1.54, 1.807) is 13.1 Å². The smallest absolute Gasteiger partial charge is 0.333 e. The van der Waals surface area contributed by atoms with Gasteiger partial charge < -0.3 is 9.30 Å². The molecule has 0 saturated carbocycles. The molecule has 0 aliphatic rings. The number of nitrogens with zero attached hydrogens (tertiary/aromatic N) is 2. The zero-order valence-corrected chi connectivity index (χ0v) is 10.9. The normalized spacial score (nSPS) is 10.2. The van der Waals surface area contributed by atoms with E-state index >= 15 is 0 Å². The van der Waals surface area contributed by atoms with Gasteiger partial charge in [-0.1, -0.05) is 36.9 Å². The predicted octanol–water partition coefficient (Wildman–Crippen LogP) is 2.55. The Hall–Kier alpha value is -2.36. The number of ether oxygens (including phenoxy) is 1. The molecule has 0 fully saturated rings. The Morgan fingerprint density at radius 2 is 2.11 bits per heavy atom. The van der Waals surface area contributed by atoms with E-state index in [4.69, 9.17) is 4.74 Å². The van der Waals surface area contributed by atoms with Gasteiger partial charge in [0, 0.05) is 24.5 Å². The summed E-state index contributed by atoms with van der Waals surface area (Å²) in [5.74, 6) is 0.327. The van der Waals surface area contributed by atoms with E-state index in [9.17, 15) is 4.79 Å². The molecule has 0 N–H and O–H groups in total. The molecule has 19 heavy (non-hydrogen) atoms. The third-order valence-corrected chi connectivity index (χ3v) is 2.68. The average Bonchev–Trinajstić information content (AvgIpc) is 2.84. The molecule has 1 aromatic heterocycles. The summed E-state index contributed by atoms with van der Waals surface area (Å²) in [4.78, 5) is 15.5. The van der Waals surface area contributed by atoms with Crippen molar-refractivity contribution in [2.24, 2.45) is 0 Å². The van der Waals surface area contributed by atoms with Crippen molar-refractivity contribution in [1.82, 2.24) is 9.55 Å². The van der Waals surface area contributed by atoms with Gasteiger partial charge in [-0.3, -0.25) is 0 Å². The highest BCUT2D eigenvalue weighted by Gasteiger charge is 2.08. The zero-order chi connectivity index (χ0) is 13.7. The molecule has 0 bridgehead atoms. The van der Waals surface area contributed by atoms with Gasteiger partial charge in [-0.05, 0) is 12.5 Å². The zero-order valence-electron chi connectivity index (χ0n) is 10.9. The van der Waals surface area contributed by atoms with Gasteiger partial charge in [0.1, 0.15) is 12.4 Å². The molecule has 0 radical (unpaired) electrons. The second kappa shape index (κ2) is 6.00. The van der Waals surface area contributed by atoms with Crippen LogP contribution in [0.4, 0.5) is 0 Å². The Kier molecular flexibility index (Phi) is 4.13. The molecule has 4 nitrogen and oxygen atoms in total. The fourth-order valence-corrected chi connectivity index (χ4v) is 1.66. The summed E-state index contributed by atoms with van der Waals surface area (Å²) >= 11 is 0. The molecule has 4 heteroatoms. The first-order valence-corrected chi connectivity index (χ1v) is 6.03. The number of hydrogen-bond acceptors (Lipinski definition) is 3. The highest BCUT2D eigenvalue weighted by atomic mass is 16.5. The Morgan fingerprint density at radius 1 is 1.37 bits per heavy atom. The van der Waals surface area contributed by atoms with Crippen molar-refractivity contribution in [2.45, 2.75) is 20.1 Å². The van der Waals surface area contributed by atoms with Gasteiger partial charge in [-0.25, -0.2) is 9.78 Å². The molecule has 0 aliphatic carbocycles. The second-order valence-corrected chi connectivity index (χ2v) is 4.31. The minimum atomic E-state index is -0.394. The van der Waals surface area contributed by atoms with Crippen molar-refractivity contribution < 1.29 is 9.53 Å². The molecule has 2 rings (SSSR count). The minimum Gasteiger partial charge on any atom is -0.454 e. The number of imidazole rings is 1.